The van der Waals surface area contributed by atoms with Crippen LogP contribution in [-0.2, 0) is 13.2 Å². The zero-order chi connectivity index (χ0) is 22.3. The van der Waals surface area contributed by atoms with Crippen LogP contribution in [0.5, 0.6) is 17.2 Å². The second-order valence-corrected chi connectivity index (χ2v) is 9.18. The van der Waals surface area contributed by atoms with E-state index in [1.807, 2.05) is 91.0 Å². The minimum Gasteiger partial charge on any atom is -0.486 e. The van der Waals surface area contributed by atoms with Gasteiger partial charge in [0.15, 0.2) is 0 Å². The summed E-state index contributed by atoms with van der Waals surface area (Å²) in [5, 5.41) is 4.13. The second kappa shape index (κ2) is 10.9. The lowest BCUT2D eigenvalue weighted by atomic mass is 10.2. The predicted octanol–water partition coefficient (Wildman–Crippen LogP) is 8.85. The number of benzene rings is 4. The van der Waals surface area contributed by atoms with Crippen molar-refractivity contribution in [3.63, 3.8) is 0 Å². The molecule has 0 aliphatic rings. The Morgan fingerprint density at radius 1 is 0.750 bits per heavy atom. The van der Waals surface area contributed by atoms with E-state index in [0.717, 1.165) is 43.0 Å². The van der Waals surface area contributed by atoms with E-state index < -0.39 is 0 Å². The van der Waals surface area contributed by atoms with E-state index >= 15 is 0 Å². The second-order valence-electron chi connectivity index (χ2n) is 7.06. The highest BCUT2D eigenvalue weighted by atomic mass is 79.9. The summed E-state index contributed by atoms with van der Waals surface area (Å²) in [6, 6.07) is 29.4. The molecule has 3 nitrogen and oxygen atoms in total. The van der Waals surface area contributed by atoms with Gasteiger partial charge < -0.3 is 14.8 Å². The minimum absolute atomic E-state index is 0.395. The molecule has 4 aromatic carbocycles. The Morgan fingerprint density at radius 3 is 2.06 bits per heavy atom. The number of ether oxygens (including phenoxy) is 2. The molecule has 162 valence electrons. The van der Waals surface area contributed by atoms with E-state index in [-0.39, 0.29) is 0 Å². The summed E-state index contributed by atoms with van der Waals surface area (Å²) in [7, 11) is 0. The van der Waals surface area contributed by atoms with E-state index in [4.69, 9.17) is 21.1 Å². The largest absolute Gasteiger partial charge is 0.486 e. The summed E-state index contributed by atoms with van der Waals surface area (Å²) in [6.07, 6.45) is 0. The van der Waals surface area contributed by atoms with Crippen molar-refractivity contribution in [2.45, 2.75) is 13.2 Å². The number of anilines is 1. The van der Waals surface area contributed by atoms with Crippen LogP contribution in [-0.4, -0.2) is 0 Å². The lowest BCUT2D eigenvalue weighted by Crippen LogP contribution is -2.02. The summed E-state index contributed by atoms with van der Waals surface area (Å²) >= 11 is 13.5. The molecule has 0 amide bonds. The van der Waals surface area contributed by atoms with E-state index in [9.17, 15) is 0 Å². The van der Waals surface area contributed by atoms with Crippen molar-refractivity contribution in [2.24, 2.45) is 0 Å². The number of hydrogen-bond acceptors (Lipinski definition) is 3. The molecule has 0 fully saturated rings. The molecule has 1 N–H and O–H groups in total. The quantitative estimate of drug-likeness (QED) is 0.228. The maximum Gasteiger partial charge on any atom is 0.148 e. The zero-order valence-corrected chi connectivity index (χ0v) is 21.0. The number of nitrogens with one attached hydrogen (secondary N) is 1. The summed E-state index contributed by atoms with van der Waals surface area (Å²) in [5.74, 6) is 2.36. The molecule has 0 aliphatic heterocycles. The Kier molecular flexibility index (Phi) is 7.74. The van der Waals surface area contributed by atoms with E-state index in [0.29, 0.717) is 18.2 Å². The fourth-order valence-corrected chi connectivity index (χ4v) is 4.79. The Labute approximate surface area is 209 Å². The first-order chi connectivity index (χ1) is 15.6. The molecular formula is C26H20Br2ClNO2. The third-order valence-corrected chi connectivity index (χ3v) is 6.26. The van der Waals surface area contributed by atoms with E-state index in [2.05, 4.69) is 37.2 Å². The van der Waals surface area contributed by atoms with Crippen molar-refractivity contribution in [3.8, 4) is 17.2 Å². The lowest BCUT2D eigenvalue weighted by Gasteiger charge is -2.14. The number of rotatable bonds is 8. The summed E-state index contributed by atoms with van der Waals surface area (Å²) in [4.78, 5) is 0. The van der Waals surface area contributed by atoms with Crippen LogP contribution in [0.2, 0.25) is 5.02 Å². The van der Waals surface area contributed by atoms with Crippen molar-refractivity contribution in [3.05, 3.63) is 116 Å². The van der Waals surface area contributed by atoms with Crippen molar-refractivity contribution in [1.82, 2.24) is 0 Å². The SMILES string of the molecule is Clc1ccccc1COc1c(Br)cc(CNc2ccc(Oc3ccccc3)cc2)cc1Br. The van der Waals surface area contributed by atoms with Gasteiger partial charge in [-0.2, -0.15) is 0 Å². The minimum atomic E-state index is 0.395. The van der Waals surface area contributed by atoms with Crippen LogP contribution < -0.4 is 14.8 Å². The fourth-order valence-electron chi connectivity index (χ4n) is 3.09. The molecule has 0 aromatic heterocycles. The van der Waals surface area contributed by atoms with Gasteiger partial charge in [-0.3, -0.25) is 0 Å². The molecule has 0 aliphatic carbocycles. The highest BCUT2D eigenvalue weighted by molar-refractivity contribution is 9.11. The van der Waals surface area contributed by atoms with Crippen molar-refractivity contribution < 1.29 is 9.47 Å². The van der Waals surface area contributed by atoms with Gasteiger partial charge in [-0.15, -0.1) is 0 Å². The Bertz CT molecular complexity index is 1160. The highest BCUT2D eigenvalue weighted by Gasteiger charge is 2.11. The molecule has 32 heavy (non-hydrogen) atoms. The van der Waals surface area contributed by atoms with Crippen molar-refractivity contribution in [2.75, 3.05) is 5.32 Å². The van der Waals surface area contributed by atoms with Gasteiger partial charge in [0.25, 0.3) is 0 Å². The molecule has 0 atom stereocenters. The molecule has 4 rings (SSSR count). The Balaban J connectivity index is 1.36. The van der Waals surface area contributed by atoms with Gasteiger partial charge in [0.1, 0.15) is 23.9 Å². The normalized spacial score (nSPS) is 10.6. The van der Waals surface area contributed by atoms with Crippen LogP contribution in [0.1, 0.15) is 11.1 Å². The van der Waals surface area contributed by atoms with E-state index in [1.165, 1.54) is 0 Å². The molecule has 0 spiro atoms. The molecule has 0 heterocycles. The molecule has 0 saturated carbocycles. The number of hydrogen-bond donors (Lipinski definition) is 1. The fraction of sp³-hybridized carbons (Fsp3) is 0.0769. The Hall–Kier alpha value is -2.47. The summed E-state index contributed by atoms with van der Waals surface area (Å²) < 4.78 is 13.6. The van der Waals surface area contributed by atoms with E-state index in [1.54, 1.807) is 0 Å². The van der Waals surface area contributed by atoms with Gasteiger partial charge in [0, 0.05) is 22.8 Å². The number of para-hydroxylation sites is 1. The van der Waals surface area contributed by atoms with Crippen LogP contribution in [0.25, 0.3) is 0 Å². The van der Waals surface area contributed by atoms with Gasteiger partial charge >= 0.3 is 0 Å². The van der Waals surface area contributed by atoms with Gasteiger partial charge in [-0.25, -0.2) is 0 Å². The first kappa shape index (κ1) is 22.7. The van der Waals surface area contributed by atoms with Crippen LogP contribution in [0.4, 0.5) is 5.69 Å². The topological polar surface area (TPSA) is 30.5 Å². The van der Waals surface area contributed by atoms with Crippen LogP contribution in [0, 0.1) is 0 Å². The van der Waals surface area contributed by atoms with Gasteiger partial charge in [0.05, 0.1) is 8.95 Å². The molecule has 0 radical (unpaired) electrons. The van der Waals surface area contributed by atoms with Gasteiger partial charge in [-0.1, -0.05) is 48.0 Å². The van der Waals surface area contributed by atoms with Gasteiger partial charge in [-0.05, 0) is 92.0 Å². The molecular weight excluding hydrogens is 554 g/mol. The lowest BCUT2D eigenvalue weighted by molar-refractivity contribution is 0.302. The van der Waals surface area contributed by atoms with Crippen LogP contribution in [0.3, 0.4) is 0 Å². The van der Waals surface area contributed by atoms with Crippen LogP contribution in [0.15, 0.2) is 99.9 Å². The van der Waals surface area contributed by atoms with Crippen molar-refractivity contribution >= 4 is 49.1 Å². The third-order valence-electron chi connectivity index (χ3n) is 4.72. The van der Waals surface area contributed by atoms with Gasteiger partial charge in [0.2, 0.25) is 0 Å². The molecule has 0 unspecified atom stereocenters. The Morgan fingerprint density at radius 2 is 1.38 bits per heavy atom. The molecule has 6 heteroatoms. The highest BCUT2D eigenvalue weighted by Crippen LogP contribution is 2.36. The monoisotopic (exact) mass is 571 g/mol. The molecule has 0 bridgehead atoms. The first-order valence-electron chi connectivity index (χ1n) is 9.99. The maximum atomic E-state index is 6.23. The maximum absolute atomic E-state index is 6.23. The first-order valence-corrected chi connectivity index (χ1v) is 12.0. The number of halogens is 3. The standard InChI is InChI=1S/C26H20Br2ClNO2/c27-23-14-18(15-24(28)26(23)31-17-19-6-4-5-9-25(19)29)16-30-20-10-12-22(13-11-20)32-21-7-2-1-3-8-21/h1-15,30H,16-17H2. The average molecular weight is 574 g/mol. The smallest absolute Gasteiger partial charge is 0.148 e. The van der Waals surface area contributed by atoms with Crippen LogP contribution >= 0.6 is 43.5 Å². The van der Waals surface area contributed by atoms with Crippen molar-refractivity contribution in [1.29, 1.82) is 0 Å². The molecule has 0 saturated heterocycles. The third kappa shape index (κ3) is 6.06. The zero-order valence-electron chi connectivity index (χ0n) is 17.0. The average Bonchev–Trinajstić information content (AvgIpc) is 2.80. The molecule has 4 aromatic rings. The predicted molar refractivity (Wildman–Crippen MR) is 138 cm³/mol. The summed E-state index contributed by atoms with van der Waals surface area (Å²) in [6.45, 7) is 1.06. The summed E-state index contributed by atoms with van der Waals surface area (Å²) in [5.41, 5.74) is 3.06.